The lowest BCUT2D eigenvalue weighted by Crippen LogP contribution is -2.41. The zero-order valence-electron chi connectivity index (χ0n) is 19.3. The topological polar surface area (TPSA) is 48.0 Å². The van der Waals surface area contributed by atoms with E-state index in [1.165, 1.54) is 6.42 Å². The Morgan fingerprint density at radius 2 is 1.32 bits per heavy atom. The van der Waals surface area contributed by atoms with Crippen molar-refractivity contribution >= 4 is 5.91 Å². The van der Waals surface area contributed by atoms with Crippen molar-refractivity contribution in [1.29, 1.82) is 0 Å². The standard InChI is InChI=1S/C23H45NO4/c1-22(2,3)11-7-14-26-16-18-28-19-17-27-15-10-21(25)24-12-8-20(9-13-24)23(4,5)6/h20H,7-19H2,1-6H3. The number of nitrogens with zero attached hydrogens (tertiary/aromatic N) is 1. The molecule has 0 unspecified atom stereocenters. The van der Waals surface area contributed by atoms with Gasteiger partial charge < -0.3 is 19.1 Å². The number of carbonyl (C=O) groups excluding carboxylic acids is 1. The van der Waals surface area contributed by atoms with Gasteiger partial charge >= 0.3 is 0 Å². The first-order chi connectivity index (χ1) is 13.1. The highest BCUT2D eigenvalue weighted by atomic mass is 16.5. The second-order valence-corrected chi connectivity index (χ2v) is 10.3. The van der Waals surface area contributed by atoms with Crippen molar-refractivity contribution in [3.63, 3.8) is 0 Å². The fourth-order valence-corrected chi connectivity index (χ4v) is 3.56. The van der Waals surface area contributed by atoms with Crippen molar-refractivity contribution in [1.82, 2.24) is 4.90 Å². The molecular formula is C23H45NO4. The molecular weight excluding hydrogens is 354 g/mol. The number of hydrogen-bond acceptors (Lipinski definition) is 4. The van der Waals surface area contributed by atoms with Crippen LogP contribution in [0, 0.1) is 16.7 Å². The predicted molar refractivity (Wildman–Crippen MR) is 115 cm³/mol. The van der Waals surface area contributed by atoms with E-state index < -0.39 is 0 Å². The van der Waals surface area contributed by atoms with Crippen LogP contribution >= 0.6 is 0 Å². The first kappa shape index (κ1) is 25.4. The molecule has 5 nitrogen and oxygen atoms in total. The molecule has 0 radical (unpaired) electrons. The van der Waals surface area contributed by atoms with Gasteiger partial charge in [0, 0.05) is 19.7 Å². The van der Waals surface area contributed by atoms with Crippen LogP contribution < -0.4 is 0 Å². The van der Waals surface area contributed by atoms with Gasteiger partial charge in [-0.2, -0.15) is 0 Å². The van der Waals surface area contributed by atoms with E-state index in [1.54, 1.807) is 0 Å². The van der Waals surface area contributed by atoms with Crippen molar-refractivity contribution in [2.24, 2.45) is 16.7 Å². The van der Waals surface area contributed by atoms with Gasteiger partial charge in [0.1, 0.15) is 0 Å². The van der Waals surface area contributed by atoms with Crippen LogP contribution in [0.15, 0.2) is 0 Å². The third-order valence-electron chi connectivity index (χ3n) is 5.49. The zero-order chi connectivity index (χ0) is 21.0. The second-order valence-electron chi connectivity index (χ2n) is 10.3. The molecule has 1 aliphatic heterocycles. The van der Waals surface area contributed by atoms with Gasteiger partial charge in [-0.1, -0.05) is 41.5 Å². The van der Waals surface area contributed by atoms with Crippen LogP contribution in [0.2, 0.25) is 0 Å². The van der Waals surface area contributed by atoms with Crippen molar-refractivity contribution in [3.8, 4) is 0 Å². The summed E-state index contributed by atoms with van der Waals surface area (Å²) in [6.07, 6.45) is 4.96. The maximum atomic E-state index is 12.3. The fourth-order valence-electron chi connectivity index (χ4n) is 3.56. The van der Waals surface area contributed by atoms with Crippen molar-refractivity contribution in [2.75, 3.05) is 52.7 Å². The van der Waals surface area contributed by atoms with Crippen molar-refractivity contribution in [2.45, 2.75) is 73.6 Å². The highest BCUT2D eigenvalue weighted by Gasteiger charge is 2.30. The Labute approximate surface area is 173 Å². The summed E-state index contributed by atoms with van der Waals surface area (Å²) < 4.78 is 16.6. The minimum atomic E-state index is 0.219. The van der Waals surface area contributed by atoms with E-state index in [1.807, 2.05) is 4.90 Å². The van der Waals surface area contributed by atoms with Gasteiger partial charge in [-0.25, -0.2) is 0 Å². The van der Waals surface area contributed by atoms with E-state index in [9.17, 15) is 4.79 Å². The van der Waals surface area contributed by atoms with Crippen LogP contribution in [0.1, 0.15) is 73.6 Å². The second kappa shape index (κ2) is 12.8. The van der Waals surface area contributed by atoms with Crippen LogP contribution in [-0.2, 0) is 19.0 Å². The fraction of sp³-hybridized carbons (Fsp3) is 0.957. The third kappa shape index (κ3) is 12.0. The number of hydrogen-bond donors (Lipinski definition) is 0. The zero-order valence-corrected chi connectivity index (χ0v) is 19.3. The Morgan fingerprint density at radius 3 is 1.82 bits per heavy atom. The molecule has 5 heteroatoms. The molecule has 0 aromatic heterocycles. The van der Waals surface area contributed by atoms with Crippen molar-refractivity contribution < 1.29 is 19.0 Å². The Kier molecular flexibility index (Phi) is 11.6. The molecule has 0 aliphatic carbocycles. The van der Waals surface area contributed by atoms with Crippen LogP contribution in [0.4, 0.5) is 0 Å². The van der Waals surface area contributed by atoms with Crippen LogP contribution in [0.25, 0.3) is 0 Å². The normalized spacial score (nSPS) is 16.6. The Bertz CT molecular complexity index is 417. The number of rotatable bonds is 12. The largest absolute Gasteiger partial charge is 0.379 e. The summed E-state index contributed by atoms with van der Waals surface area (Å²) in [5, 5.41) is 0. The molecule has 0 N–H and O–H groups in total. The van der Waals surface area contributed by atoms with Gasteiger partial charge in [0.15, 0.2) is 0 Å². The molecule has 0 bridgehead atoms. The lowest BCUT2D eigenvalue weighted by atomic mass is 9.75. The lowest BCUT2D eigenvalue weighted by molar-refractivity contribution is -0.134. The minimum absolute atomic E-state index is 0.219. The average molecular weight is 400 g/mol. The SMILES string of the molecule is CC(C)(C)CCCOCCOCCOCCC(=O)N1CCC(C(C)(C)C)CC1. The molecule has 1 aliphatic rings. The molecule has 0 aromatic carbocycles. The summed E-state index contributed by atoms with van der Waals surface area (Å²) in [6, 6.07) is 0. The number of ether oxygens (including phenoxy) is 3. The molecule has 1 fully saturated rings. The average Bonchev–Trinajstić information content (AvgIpc) is 2.61. The van der Waals surface area contributed by atoms with Gasteiger partial charge in [0.2, 0.25) is 5.91 Å². The number of carbonyl (C=O) groups is 1. The molecule has 1 saturated heterocycles. The van der Waals surface area contributed by atoms with Gasteiger partial charge in [0.05, 0.1) is 39.5 Å². The number of piperidine rings is 1. The summed E-state index contributed by atoms with van der Waals surface area (Å²) in [5.74, 6) is 0.935. The molecule has 28 heavy (non-hydrogen) atoms. The molecule has 1 heterocycles. The van der Waals surface area contributed by atoms with Gasteiger partial charge in [-0.05, 0) is 42.4 Å². The summed E-state index contributed by atoms with van der Waals surface area (Å²) in [4.78, 5) is 14.3. The van der Waals surface area contributed by atoms with Gasteiger partial charge in [0.25, 0.3) is 0 Å². The summed E-state index contributed by atoms with van der Waals surface area (Å²) >= 11 is 0. The number of likely N-dealkylation sites (tertiary alicyclic amines) is 1. The summed E-state index contributed by atoms with van der Waals surface area (Å²) in [7, 11) is 0. The van der Waals surface area contributed by atoms with E-state index in [4.69, 9.17) is 14.2 Å². The Hall–Kier alpha value is -0.650. The predicted octanol–water partition coefficient (Wildman–Crippen LogP) is 4.54. The molecule has 0 aromatic rings. The smallest absolute Gasteiger partial charge is 0.224 e. The van der Waals surface area contributed by atoms with E-state index in [-0.39, 0.29) is 5.91 Å². The molecule has 0 atom stereocenters. The van der Waals surface area contributed by atoms with E-state index in [0.29, 0.717) is 56.2 Å². The molecule has 1 amide bonds. The van der Waals surface area contributed by atoms with E-state index >= 15 is 0 Å². The quantitative estimate of drug-likeness (QED) is 0.452. The molecule has 0 saturated carbocycles. The van der Waals surface area contributed by atoms with Gasteiger partial charge in [-0.3, -0.25) is 4.79 Å². The monoisotopic (exact) mass is 399 g/mol. The van der Waals surface area contributed by atoms with E-state index in [0.717, 1.165) is 39.0 Å². The van der Waals surface area contributed by atoms with Crippen LogP contribution in [0.3, 0.4) is 0 Å². The van der Waals surface area contributed by atoms with Crippen molar-refractivity contribution in [3.05, 3.63) is 0 Å². The first-order valence-electron chi connectivity index (χ1n) is 11.1. The highest BCUT2D eigenvalue weighted by molar-refractivity contribution is 5.76. The lowest BCUT2D eigenvalue weighted by Gasteiger charge is -2.38. The van der Waals surface area contributed by atoms with Gasteiger partial charge in [-0.15, -0.1) is 0 Å². The Morgan fingerprint density at radius 1 is 0.821 bits per heavy atom. The Balaban J connectivity index is 1.90. The minimum Gasteiger partial charge on any atom is -0.379 e. The molecule has 0 spiro atoms. The van der Waals surface area contributed by atoms with E-state index in [2.05, 4.69) is 41.5 Å². The number of amides is 1. The highest BCUT2D eigenvalue weighted by Crippen LogP contribution is 2.34. The maximum Gasteiger partial charge on any atom is 0.224 e. The summed E-state index contributed by atoms with van der Waals surface area (Å²) in [5.41, 5.74) is 0.719. The van der Waals surface area contributed by atoms with Crippen LogP contribution in [0.5, 0.6) is 0 Å². The first-order valence-corrected chi connectivity index (χ1v) is 11.1. The molecule has 1 rings (SSSR count). The van der Waals surface area contributed by atoms with Crippen LogP contribution in [-0.4, -0.2) is 63.5 Å². The molecule has 166 valence electrons. The summed E-state index contributed by atoms with van der Waals surface area (Å²) in [6.45, 7) is 19.0. The maximum absolute atomic E-state index is 12.3. The third-order valence-corrected chi connectivity index (χ3v) is 5.49.